The van der Waals surface area contributed by atoms with Crippen molar-refractivity contribution in [3.63, 3.8) is 0 Å². The molecule has 0 saturated heterocycles. The number of aromatic nitrogens is 1. The number of aryl methyl sites for hydroxylation is 4. The molecule has 0 N–H and O–H groups in total. The van der Waals surface area contributed by atoms with E-state index in [9.17, 15) is 0 Å². The summed E-state index contributed by atoms with van der Waals surface area (Å²) < 4.78 is 0. The van der Waals surface area contributed by atoms with Crippen LogP contribution in [0.5, 0.6) is 0 Å². The van der Waals surface area contributed by atoms with Crippen LogP contribution in [-0.2, 0) is 0 Å². The molecule has 3 aromatic rings. The molecule has 1 radical (unpaired) electrons. The van der Waals surface area contributed by atoms with E-state index in [4.69, 9.17) is 0 Å². The van der Waals surface area contributed by atoms with E-state index in [0.717, 1.165) is 11.3 Å². The quantitative estimate of drug-likeness (QED) is 0.610. The molecular formula is C21H20N. The zero-order valence-electron chi connectivity index (χ0n) is 13.6. The van der Waals surface area contributed by atoms with Gasteiger partial charge >= 0.3 is 0 Å². The maximum absolute atomic E-state index is 4.46. The van der Waals surface area contributed by atoms with E-state index in [1.165, 1.54) is 33.4 Å². The number of nitrogens with zero attached hydrogens (tertiary/aromatic N) is 1. The van der Waals surface area contributed by atoms with Crippen molar-refractivity contribution in [2.45, 2.75) is 27.7 Å². The van der Waals surface area contributed by atoms with Crippen LogP contribution in [0.15, 0.2) is 48.5 Å². The summed E-state index contributed by atoms with van der Waals surface area (Å²) in [4.78, 5) is 4.46. The molecule has 0 unspecified atom stereocenters. The van der Waals surface area contributed by atoms with Crippen molar-refractivity contribution < 1.29 is 0 Å². The van der Waals surface area contributed by atoms with E-state index in [1.807, 2.05) is 0 Å². The van der Waals surface area contributed by atoms with E-state index in [-0.39, 0.29) is 0 Å². The largest absolute Gasteiger partial charge is 0.251 e. The molecule has 1 nitrogen and oxygen atoms in total. The second-order valence-corrected chi connectivity index (χ2v) is 5.92. The average Bonchev–Trinajstić information content (AvgIpc) is 2.51. The standard InChI is InChI=1S/C21H20N/c1-14-5-9-18(10-6-14)20-16(3)13-22-17(4)21(20)19-11-7-15(2)8-12-19/h5-12H,1-4H3. The fourth-order valence-electron chi connectivity index (χ4n) is 2.80. The smallest absolute Gasteiger partial charge is 0.0928 e. The average molecular weight is 286 g/mol. The Kier molecular flexibility index (Phi) is 3.81. The Balaban J connectivity index is 2.27. The summed E-state index contributed by atoms with van der Waals surface area (Å²) in [6, 6.07) is 17.3. The maximum atomic E-state index is 4.46. The van der Waals surface area contributed by atoms with Gasteiger partial charge in [-0.05, 0) is 49.9 Å². The number of benzene rings is 2. The van der Waals surface area contributed by atoms with Gasteiger partial charge in [0, 0.05) is 11.3 Å². The molecule has 2 aromatic carbocycles. The van der Waals surface area contributed by atoms with Crippen molar-refractivity contribution in [3.05, 3.63) is 77.1 Å². The van der Waals surface area contributed by atoms with Crippen LogP contribution in [0.25, 0.3) is 22.3 Å². The fraction of sp³-hybridized carbons (Fsp3) is 0.190. The molecule has 0 atom stereocenters. The van der Waals surface area contributed by atoms with Gasteiger partial charge in [-0.3, -0.25) is 4.98 Å². The van der Waals surface area contributed by atoms with Crippen LogP contribution in [0.2, 0.25) is 0 Å². The molecule has 0 fully saturated rings. The minimum absolute atomic E-state index is 1.02. The molecule has 22 heavy (non-hydrogen) atoms. The van der Waals surface area contributed by atoms with Crippen LogP contribution in [0.3, 0.4) is 0 Å². The van der Waals surface area contributed by atoms with Crippen LogP contribution in [0.4, 0.5) is 0 Å². The predicted molar refractivity (Wildman–Crippen MR) is 92.9 cm³/mol. The van der Waals surface area contributed by atoms with Crippen molar-refractivity contribution in [2.24, 2.45) is 0 Å². The molecule has 0 aliphatic heterocycles. The summed E-state index contributed by atoms with van der Waals surface area (Å²) in [6.45, 7) is 8.36. The highest BCUT2D eigenvalue weighted by atomic mass is 14.7. The highest BCUT2D eigenvalue weighted by molar-refractivity contribution is 5.86. The molecule has 0 aliphatic rings. The van der Waals surface area contributed by atoms with Gasteiger partial charge in [-0.1, -0.05) is 59.7 Å². The molecule has 0 saturated carbocycles. The third-order valence-corrected chi connectivity index (χ3v) is 4.06. The first kappa shape index (κ1) is 14.5. The van der Waals surface area contributed by atoms with Crippen molar-refractivity contribution in [1.82, 2.24) is 4.98 Å². The van der Waals surface area contributed by atoms with Crippen molar-refractivity contribution in [3.8, 4) is 22.3 Å². The Morgan fingerprint density at radius 1 is 0.636 bits per heavy atom. The molecule has 0 amide bonds. The van der Waals surface area contributed by atoms with Gasteiger partial charge in [-0.25, -0.2) is 0 Å². The number of pyridine rings is 1. The van der Waals surface area contributed by atoms with Crippen LogP contribution >= 0.6 is 0 Å². The minimum atomic E-state index is 1.02. The second-order valence-electron chi connectivity index (χ2n) is 5.92. The molecule has 1 aromatic heterocycles. The summed E-state index contributed by atoms with van der Waals surface area (Å²) >= 11 is 0. The molecular weight excluding hydrogens is 266 g/mol. The van der Waals surface area contributed by atoms with Gasteiger partial charge in [0.1, 0.15) is 0 Å². The highest BCUT2D eigenvalue weighted by Crippen LogP contribution is 2.36. The van der Waals surface area contributed by atoms with E-state index >= 15 is 0 Å². The first-order valence-electron chi connectivity index (χ1n) is 7.59. The Morgan fingerprint density at radius 3 is 1.59 bits per heavy atom. The third kappa shape index (κ3) is 2.67. The van der Waals surface area contributed by atoms with Crippen molar-refractivity contribution in [2.75, 3.05) is 0 Å². The van der Waals surface area contributed by atoms with Crippen LogP contribution in [0, 0.1) is 33.9 Å². The SMILES string of the molecule is Cc1ccc(-c2c(C)[c]nc(C)c2-c2ccc(C)cc2)cc1. The number of rotatable bonds is 2. The summed E-state index contributed by atoms with van der Waals surface area (Å²) in [5.41, 5.74) is 9.52. The molecule has 0 aliphatic carbocycles. The second kappa shape index (κ2) is 5.76. The molecule has 0 spiro atoms. The number of hydrogen-bond donors (Lipinski definition) is 0. The molecule has 3 rings (SSSR count). The van der Waals surface area contributed by atoms with Gasteiger partial charge in [0.25, 0.3) is 0 Å². The molecule has 1 heteroatoms. The lowest BCUT2D eigenvalue weighted by molar-refractivity contribution is 1.16. The Bertz CT molecular complexity index is 726. The Hall–Kier alpha value is -2.41. The molecule has 1 heterocycles. The lowest BCUT2D eigenvalue weighted by Crippen LogP contribution is -1.96. The third-order valence-electron chi connectivity index (χ3n) is 4.06. The van der Waals surface area contributed by atoms with Gasteiger partial charge < -0.3 is 0 Å². The van der Waals surface area contributed by atoms with Crippen LogP contribution < -0.4 is 0 Å². The fourth-order valence-corrected chi connectivity index (χ4v) is 2.80. The predicted octanol–water partition coefficient (Wildman–Crippen LogP) is 5.45. The van der Waals surface area contributed by atoms with E-state index in [2.05, 4.69) is 87.4 Å². The first-order chi connectivity index (χ1) is 10.6. The Morgan fingerprint density at radius 2 is 1.09 bits per heavy atom. The summed E-state index contributed by atoms with van der Waals surface area (Å²) in [5, 5.41) is 0. The van der Waals surface area contributed by atoms with Crippen LogP contribution in [0.1, 0.15) is 22.4 Å². The Labute approximate surface area is 132 Å². The van der Waals surface area contributed by atoms with Gasteiger partial charge in [-0.2, -0.15) is 0 Å². The van der Waals surface area contributed by atoms with Gasteiger partial charge in [0.05, 0.1) is 6.20 Å². The van der Waals surface area contributed by atoms with E-state index < -0.39 is 0 Å². The van der Waals surface area contributed by atoms with E-state index in [0.29, 0.717) is 0 Å². The lowest BCUT2D eigenvalue weighted by atomic mass is 9.90. The zero-order valence-corrected chi connectivity index (χ0v) is 13.6. The monoisotopic (exact) mass is 286 g/mol. The van der Waals surface area contributed by atoms with Gasteiger partial charge in [0.2, 0.25) is 0 Å². The summed E-state index contributed by atoms with van der Waals surface area (Å²) in [5.74, 6) is 0. The normalized spacial score (nSPS) is 10.7. The number of hydrogen-bond acceptors (Lipinski definition) is 1. The first-order valence-corrected chi connectivity index (χ1v) is 7.59. The van der Waals surface area contributed by atoms with Gasteiger partial charge in [0.15, 0.2) is 0 Å². The molecule has 109 valence electrons. The minimum Gasteiger partial charge on any atom is -0.251 e. The summed E-state index contributed by atoms with van der Waals surface area (Å²) in [6.07, 6.45) is 3.15. The lowest BCUT2D eigenvalue weighted by Gasteiger charge is -2.15. The van der Waals surface area contributed by atoms with Gasteiger partial charge in [-0.15, -0.1) is 0 Å². The van der Waals surface area contributed by atoms with E-state index in [1.54, 1.807) is 0 Å². The maximum Gasteiger partial charge on any atom is 0.0928 e. The zero-order chi connectivity index (χ0) is 15.7. The van der Waals surface area contributed by atoms with Crippen molar-refractivity contribution in [1.29, 1.82) is 0 Å². The van der Waals surface area contributed by atoms with Crippen LogP contribution in [-0.4, -0.2) is 4.98 Å². The highest BCUT2D eigenvalue weighted by Gasteiger charge is 2.14. The topological polar surface area (TPSA) is 12.9 Å². The molecule has 0 bridgehead atoms. The summed E-state index contributed by atoms with van der Waals surface area (Å²) in [7, 11) is 0. The van der Waals surface area contributed by atoms with Crippen molar-refractivity contribution >= 4 is 0 Å².